The van der Waals surface area contributed by atoms with Gasteiger partial charge in [-0.2, -0.15) is 0 Å². The van der Waals surface area contributed by atoms with Crippen molar-refractivity contribution in [2.45, 2.75) is 19.4 Å². The maximum Gasteiger partial charge on any atom is 0.241 e. The van der Waals surface area contributed by atoms with Crippen LogP contribution in [0.2, 0.25) is 10.0 Å². The maximum atomic E-state index is 11.8. The molecular formula is C16H16Cl2N2O2. The third-order valence-electron chi connectivity index (χ3n) is 3.00. The molecule has 1 amide bonds. The minimum Gasteiger partial charge on any atom is -0.457 e. The summed E-state index contributed by atoms with van der Waals surface area (Å²) in [5, 5.41) is 3.62. The number of nitrogens with one attached hydrogen (secondary N) is 1. The van der Waals surface area contributed by atoms with Crippen molar-refractivity contribution in [3.05, 3.63) is 52.5 Å². The second-order valence-corrected chi connectivity index (χ2v) is 5.52. The van der Waals surface area contributed by atoms with Crippen LogP contribution in [0.15, 0.2) is 42.5 Å². The van der Waals surface area contributed by atoms with Crippen LogP contribution in [0.5, 0.6) is 11.5 Å². The summed E-state index contributed by atoms with van der Waals surface area (Å²) >= 11 is 11.8. The third kappa shape index (κ3) is 4.37. The van der Waals surface area contributed by atoms with Gasteiger partial charge in [-0.05, 0) is 30.7 Å². The summed E-state index contributed by atoms with van der Waals surface area (Å²) in [6.45, 7) is 1.86. The summed E-state index contributed by atoms with van der Waals surface area (Å²) in [7, 11) is 0. The van der Waals surface area contributed by atoms with Crippen molar-refractivity contribution in [1.29, 1.82) is 0 Å². The minimum absolute atomic E-state index is 0.228. The number of carbonyl (C=O) groups excluding carboxylic acids is 1. The fourth-order valence-corrected chi connectivity index (χ4v) is 2.02. The Hall–Kier alpha value is -1.75. The Labute approximate surface area is 139 Å². The summed E-state index contributed by atoms with van der Waals surface area (Å²) in [6, 6.07) is 11.5. The molecule has 0 aliphatic rings. The first-order valence-electron chi connectivity index (χ1n) is 6.79. The molecule has 1 unspecified atom stereocenters. The van der Waals surface area contributed by atoms with Crippen molar-refractivity contribution in [3.63, 3.8) is 0 Å². The molecule has 0 fully saturated rings. The van der Waals surface area contributed by atoms with E-state index in [4.69, 9.17) is 33.7 Å². The van der Waals surface area contributed by atoms with E-state index in [1.165, 1.54) is 0 Å². The molecule has 0 bridgehead atoms. The molecule has 0 aliphatic carbocycles. The highest BCUT2D eigenvalue weighted by Gasteiger charge is 2.11. The molecule has 0 saturated heterocycles. The molecule has 4 nitrogen and oxygen atoms in total. The van der Waals surface area contributed by atoms with Crippen LogP contribution in [-0.2, 0) is 4.79 Å². The minimum atomic E-state index is -0.528. The van der Waals surface area contributed by atoms with Gasteiger partial charge < -0.3 is 15.8 Å². The zero-order chi connectivity index (χ0) is 16.1. The van der Waals surface area contributed by atoms with Crippen LogP contribution >= 0.6 is 23.2 Å². The third-order valence-corrected chi connectivity index (χ3v) is 3.74. The number of benzene rings is 2. The van der Waals surface area contributed by atoms with Crippen LogP contribution in [0.1, 0.15) is 13.3 Å². The average Bonchev–Trinajstić information content (AvgIpc) is 2.50. The van der Waals surface area contributed by atoms with E-state index in [9.17, 15) is 4.79 Å². The van der Waals surface area contributed by atoms with E-state index in [1.54, 1.807) is 42.5 Å². The molecule has 2 aromatic carbocycles. The largest absolute Gasteiger partial charge is 0.457 e. The Bertz CT molecular complexity index is 677. The first kappa shape index (κ1) is 16.6. The van der Waals surface area contributed by atoms with Gasteiger partial charge in [-0.15, -0.1) is 0 Å². The topological polar surface area (TPSA) is 64.4 Å². The molecule has 6 heteroatoms. The normalized spacial score (nSPS) is 11.8. The maximum absolute atomic E-state index is 11.8. The molecule has 0 aromatic heterocycles. The van der Waals surface area contributed by atoms with Crippen molar-refractivity contribution in [2.75, 3.05) is 5.32 Å². The monoisotopic (exact) mass is 338 g/mol. The second-order valence-electron chi connectivity index (χ2n) is 4.71. The van der Waals surface area contributed by atoms with Crippen molar-refractivity contribution in [1.82, 2.24) is 0 Å². The molecule has 116 valence electrons. The fraction of sp³-hybridized carbons (Fsp3) is 0.188. The van der Waals surface area contributed by atoms with Gasteiger partial charge in [0.2, 0.25) is 5.91 Å². The molecular weight excluding hydrogens is 323 g/mol. The lowest BCUT2D eigenvalue weighted by Gasteiger charge is -2.12. The summed E-state index contributed by atoms with van der Waals surface area (Å²) < 4.78 is 5.70. The first-order valence-corrected chi connectivity index (χ1v) is 7.54. The van der Waals surface area contributed by atoms with Gasteiger partial charge in [-0.1, -0.05) is 36.2 Å². The number of ether oxygens (including phenoxy) is 1. The molecule has 1 atom stereocenters. The number of nitrogens with two attached hydrogens (primary N) is 1. The van der Waals surface area contributed by atoms with E-state index in [0.717, 1.165) is 0 Å². The van der Waals surface area contributed by atoms with Crippen molar-refractivity contribution in [3.8, 4) is 11.5 Å². The van der Waals surface area contributed by atoms with Gasteiger partial charge in [-0.3, -0.25) is 4.79 Å². The second kappa shape index (κ2) is 7.49. The number of hydrogen-bond acceptors (Lipinski definition) is 3. The number of amides is 1. The molecule has 22 heavy (non-hydrogen) atoms. The lowest BCUT2D eigenvalue weighted by atomic mass is 10.2. The Balaban J connectivity index is 2.11. The van der Waals surface area contributed by atoms with E-state index in [2.05, 4.69) is 5.32 Å². The van der Waals surface area contributed by atoms with Crippen LogP contribution in [0.25, 0.3) is 0 Å². The first-order chi connectivity index (χ1) is 10.5. The van der Waals surface area contributed by atoms with Gasteiger partial charge in [-0.25, -0.2) is 0 Å². The van der Waals surface area contributed by atoms with Crippen LogP contribution < -0.4 is 15.8 Å². The van der Waals surface area contributed by atoms with Gasteiger partial charge in [0.15, 0.2) is 0 Å². The number of carbonyl (C=O) groups is 1. The van der Waals surface area contributed by atoms with E-state index < -0.39 is 6.04 Å². The molecule has 2 rings (SSSR count). The summed E-state index contributed by atoms with van der Waals surface area (Å²) in [6.07, 6.45) is 0.575. The zero-order valence-electron chi connectivity index (χ0n) is 12.0. The van der Waals surface area contributed by atoms with Crippen molar-refractivity contribution < 1.29 is 9.53 Å². The van der Waals surface area contributed by atoms with Gasteiger partial charge in [0, 0.05) is 17.8 Å². The molecule has 0 spiro atoms. The van der Waals surface area contributed by atoms with E-state index in [-0.39, 0.29) is 5.91 Å². The summed E-state index contributed by atoms with van der Waals surface area (Å²) in [5.41, 5.74) is 6.30. The van der Waals surface area contributed by atoms with E-state index >= 15 is 0 Å². The van der Waals surface area contributed by atoms with Crippen molar-refractivity contribution >= 4 is 34.8 Å². The molecule has 0 saturated carbocycles. The molecule has 0 aliphatic heterocycles. The van der Waals surface area contributed by atoms with E-state index in [0.29, 0.717) is 33.7 Å². The van der Waals surface area contributed by atoms with Crippen LogP contribution in [0, 0.1) is 0 Å². The van der Waals surface area contributed by atoms with Gasteiger partial charge in [0.05, 0.1) is 16.1 Å². The molecule has 2 aromatic rings. The number of anilines is 1. The predicted octanol–water partition coefficient (Wildman–Crippen LogP) is 4.46. The standard InChI is InChI=1S/C16H16Cl2N2O2/c1-2-15(19)16(21)20-10-4-3-5-11(8-10)22-12-6-7-13(17)14(18)9-12/h3-9,15H,2,19H2,1H3,(H,20,21). The Morgan fingerprint density at radius 1 is 1.18 bits per heavy atom. The Morgan fingerprint density at radius 3 is 2.59 bits per heavy atom. The molecule has 0 heterocycles. The highest BCUT2D eigenvalue weighted by atomic mass is 35.5. The van der Waals surface area contributed by atoms with Crippen LogP contribution in [0.3, 0.4) is 0 Å². The van der Waals surface area contributed by atoms with Gasteiger partial charge >= 0.3 is 0 Å². The number of rotatable bonds is 5. The number of halogens is 2. The van der Waals surface area contributed by atoms with Gasteiger partial charge in [0.25, 0.3) is 0 Å². The smallest absolute Gasteiger partial charge is 0.241 e. The molecule has 0 radical (unpaired) electrons. The fourth-order valence-electron chi connectivity index (χ4n) is 1.73. The van der Waals surface area contributed by atoms with Crippen molar-refractivity contribution in [2.24, 2.45) is 5.73 Å². The Kier molecular flexibility index (Phi) is 5.66. The highest BCUT2D eigenvalue weighted by Crippen LogP contribution is 2.30. The summed E-state index contributed by atoms with van der Waals surface area (Å²) in [5.74, 6) is 0.901. The highest BCUT2D eigenvalue weighted by molar-refractivity contribution is 6.42. The van der Waals surface area contributed by atoms with Crippen LogP contribution in [-0.4, -0.2) is 11.9 Å². The molecule has 3 N–H and O–H groups in total. The van der Waals surface area contributed by atoms with Gasteiger partial charge in [0.1, 0.15) is 11.5 Å². The Morgan fingerprint density at radius 2 is 1.91 bits per heavy atom. The predicted molar refractivity (Wildman–Crippen MR) is 89.9 cm³/mol. The SMILES string of the molecule is CCC(N)C(=O)Nc1cccc(Oc2ccc(Cl)c(Cl)c2)c1. The van der Waals surface area contributed by atoms with Crippen LogP contribution in [0.4, 0.5) is 5.69 Å². The lowest BCUT2D eigenvalue weighted by molar-refractivity contribution is -0.117. The van der Waals surface area contributed by atoms with E-state index in [1.807, 2.05) is 6.92 Å². The average molecular weight is 339 g/mol. The number of hydrogen-bond donors (Lipinski definition) is 2. The summed E-state index contributed by atoms with van der Waals surface area (Å²) in [4.78, 5) is 11.8. The zero-order valence-corrected chi connectivity index (χ0v) is 13.5. The lowest BCUT2D eigenvalue weighted by Crippen LogP contribution is -2.34. The quantitative estimate of drug-likeness (QED) is 0.845.